The number of halogens is 1. The van der Waals surface area contributed by atoms with Gasteiger partial charge in [-0.05, 0) is 18.1 Å². The van der Waals surface area contributed by atoms with Crippen LogP contribution in [0.3, 0.4) is 0 Å². The molecule has 0 spiro atoms. The Morgan fingerprint density at radius 1 is 1.21 bits per heavy atom. The quantitative estimate of drug-likeness (QED) is 0.694. The summed E-state index contributed by atoms with van der Waals surface area (Å²) in [7, 11) is 0. The van der Waals surface area contributed by atoms with E-state index in [1.54, 1.807) is 12.1 Å². The van der Waals surface area contributed by atoms with Gasteiger partial charge in [0.2, 0.25) is 0 Å². The van der Waals surface area contributed by atoms with Crippen LogP contribution in [-0.2, 0) is 0 Å². The first-order valence-corrected chi connectivity index (χ1v) is 5.20. The van der Waals surface area contributed by atoms with Crippen molar-refractivity contribution >= 4 is 17.4 Å². The Morgan fingerprint density at radius 3 is 2.29 bits per heavy atom. The molecule has 0 amide bonds. The van der Waals surface area contributed by atoms with Crippen molar-refractivity contribution in [2.75, 3.05) is 0 Å². The molecule has 0 N–H and O–H groups in total. The van der Waals surface area contributed by atoms with Gasteiger partial charge in [0, 0.05) is 11.5 Å². The second-order valence-electron chi connectivity index (χ2n) is 3.88. The van der Waals surface area contributed by atoms with Crippen LogP contribution in [0.4, 0.5) is 0 Å². The molecule has 0 aliphatic rings. The lowest BCUT2D eigenvalue weighted by Crippen LogP contribution is -2.17. The molecule has 0 aromatic heterocycles. The van der Waals surface area contributed by atoms with E-state index in [-0.39, 0.29) is 11.7 Å². The number of carbonyl (C=O) groups is 1. The van der Waals surface area contributed by atoms with Gasteiger partial charge in [-0.3, -0.25) is 4.79 Å². The van der Waals surface area contributed by atoms with Crippen LogP contribution >= 0.6 is 11.6 Å². The Morgan fingerprint density at radius 2 is 1.79 bits per heavy atom. The van der Waals surface area contributed by atoms with Crippen LogP contribution in [0.5, 0.6) is 0 Å². The van der Waals surface area contributed by atoms with E-state index in [1.165, 1.54) is 0 Å². The predicted molar refractivity (Wildman–Crippen MR) is 59.8 cm³/mol. The number of benzene rings is 1. The molecule has 1 rings (SSSR count). The lowest BCUT2D eigenvalue weighted by molar-refractivity contribution is 0.0900. The molecule has 0 heterocycles. The van der Waals surface area contributed by atoms with E-state index < -0.39 is 0 Å². The van der Waals surface area contributed by atoms with Crippen LogP contribution in [0.2, 0.25) is 5.02 Å². The summed E-state index contributed by atoms with van der Waals surface area (Å²) in [5.41, 5.74) is 0.635. The van der Waals surface area contributed by atoms with Crippen LogP contribution in [0, 0.1) is 11.8 Å². The summed E-state index contributed by atoms with van der Waals surface area (Å²) in [5.74, 6) is 0.499. The zero-order valence-corrected chi connectivity index (χ0v) is 9.51. The van der Waals surface area contributed by atoms with Gasteiger partial charge in [-0.25, -0.2) is 0 Å². The van der Waals surface area contributed by atoms with Gasteiger partial charge in [-0.2, -0.15) is 0 Å². The molecule has 0 saturated carbocycles. The number of carbonyl (C=O) groups excluding carboxylic acids is 1. The van der Waals surface area contributed by atoms with E-state index in [9.17, 15) is 4.79 Å². The Hall–Kier alpha value is -0.820. The number of ketones is 1. The minimum atomic E-state index is 0.0231. The van der Waals surface area contributed by atoms with Crippen molar-refractivity contribution in [1.82, 2.24) is 0 Å². The molecule has 0 saturated heterocycles. The summed E-state index contributed by atoms with van der Waals surface area (Å²) < 4.78 is 0. The summed E-state index contributed by atoms with van der Waals surface area (Å²) in [6.45, 7) is 6.02. The molecule has 1 aromatic carbocycles. The number of hydrogen-bond donors (Lipinski definition) is 0. The first kappa shape index (κ1) is 11.3. The highest BCUT2D eigenvalue weighted by molar-refractivity contribution is 6.34. The van der Waals surface area contributed by atoms with Gasteiger partial charge in [0.1, 0.15) is 0 Å². The molecule has 1 unspecified atom stereocenters. The van der Waals surface area contributed by atoms with E-state index in [1.807, 2.05) is 32.9 Å². The Balaban J connectivity index is 2.95. The van der Waals surface area contributed by atoms with Crippen molar-refractivity contribution in [3.05, 3.63) is 34.9 Å². The summed E-state index contributed by atoms with van der Waals surface area (Å²) in [6.07, 6.45) is 0. The van der Waals surface area contributed by atoms with E-state index >= 15 is 0 Å². The summed E-state index contributed by atoms with van der Waals surface area (Å²) in [4.78, 5) is 11.9. The minimum absolute atomic E-state index is 0.0231. The average molecular weight is 211 g/mol. The van der Waals surface area contributed by atoms with Gasteiger partial charge in [0.25, 0.3) is 0 Å². The smallest absolute Gasteiger partial charge is 0.167 e. The highest BCUT2D eigenvalue weighted by Gasteiger charge is 2.19. The van der Waals surface area contributed by atoms with Gasteiger partial charge in [0.05, 0.1) is 5.02 Å². The van der Waals surface area contributed by atoms with Crippen molar-refractivity contribution in [2.24, 2.45) is 11.8 Å². The third kappa shape index (κ3) is 2.36. The molecule has 1 aromatic rings. The maximum atomic E-state index is 11.9. The Labute approximate surface area is 90.1 Å². The third-order valence-corrected chi connectivity index (χ3v) is 2.88. The highest BCUT2D eigenvalue weighted by atomic mass is 35.5. The van der Waals surface area contributed by atoms with Crippen molar-refractivity contribution in [2.45, 2.75) is 20.8 Å². The molecule has 1 atom stereocenters. The Bertz CT molecular complexity index is 331. The van der Waals surface area contributed by atoms with Crippen molar-refractivity contribution < 1.29 is 4.79 Å². The van der Waals surface area contributed by atoms with Crippen LogP contribution < -0.4 is 0 Å². The second-order valence-corrected chi connectivity index (χ2v) is 4.28. The molecule has 0 radical (unpaired) electrons. The highest BCUT2D eigenvalue weighted by Crippen LogP contribution is 2.22. The monoisotopic (exact) mass is 210 g/mol. The molecule has 2 heteroatoms. The molecule has 0 bridgehead atoms. The van der Waals surface area contributed by atoms with Gasteiger partial charge >= 0.3 is 0 Å². The Kier molecular flexibility index (Phi) is 3.70. The van der Waals surface area contributed by atoms with Crippen molar-refractivity contribution in [3.63, 3.8) is 0 Å². The standard InChI is InChI=1S/C12H15ClO/c1-8(2)9(3)12(14)10-6-4-5-7-11(10)13/h4-9H,1-3H3. The predicted octanol–water partition coefficient (Wildman–Crippen LogP) is 3.81. The van der Waals surface area contributed by atoms with Crippen LogP contribution in [0.25, 0.3) is 0 Å². The van der Waals surface area contributed by atoms with Crippen LogP contribution in [0.15, 0.2) is 24.3 Å². The van der Waals surface area contributed by atoms with Gasteiger partial charge in [-0.1, -0.05) is 44.5 Å². The maximum Gasteiger partial charge on any atom is 0.167 e. The third-order valence-electron chi connectivity index (χ3n) is 2.55. The lowest BCUT2D eigenvalue weighted by Gasteiger charge is -2.14. The molecule has 0 aliphatic carbocycles. The SMILES string of the molecule is CC(C)C(C)C(=O)c1ccccc1Cl. The summed E-state index contributed by atoms with van der Waals surface area (Å²) in [6, 6.07) is 7.21. The zero-order chi connectivity index (χ0) is 10.7. The van der Waals surface area contributed by atoms with Crippen molar-refractivity contribution in [3.8, 4) is 0 Å². The summed E-state index contributed by atoms with van der Waals surface area (Å²) in [5, 5.41) is 0.546. The molecule has 76 valence electrons. The molecule has 14 heavy (non-hydrogen) atoms. The number of Topliss-reactive ketones (excluding diaryl/α,β-unsaturated/α-hetero) is 1. The topological polar surface area (TPSA) is 17.1 Å². The fraction of sp³-hybridized carbons (Fsp3) is 0.417. The maximum absolute atomic E-state index is 11.9. The molecule has 1 nitrogen and oxygen atoms in total. The van der Waals surface area contributed by atoms with E-state index in [2.05, 4.69) is 0 Å². The van der Waals surface area contributed by atoms with E-state index in [4.69, 9.17) is 11.6 Å². The first-order chi connectivity index (χ1) is 6.54. The second kappa shape index (κ2) is 4.61. The lowest BCUT2D eigenvalue weighted by atomic mass is 9.90. The fourth-order valence-electron chi connectivity index (χ4n) is 1.21. The number of rotatable bonds is 3. The zero-order valence-electron chi connectivity index (χ0n) is 8.75. The molecular formula is C12H15ClO. The summed E-state index contributed by atoms with van der Waals surface area (Å²) >= 11 is 5.95. The van der Waals surface area contributed by atoms with Gasteiger partial charge in [-0.15, -0.1) is 0 Å². The normalized spacial score (nSPS) is 12.9. The fourth-order valence-corrected chi connectivity index (χ4v) is 1.44. The van der Waals surface area contributed by atoms with E-state index in [0.717, 1.165) is 0 Å². The molecule has 0 fully saturated rings. The minimum Gasteiger partial charge on any atom is -0.294 e. The average Bonchev–Trinajstić information content (AvgIpc) is 2.16. The van der Waals surface area contributed by atoms with Crippen LogP contribution in [-0.4, -0.2) is 5.78 Å². The number of hydrogen-bond acceptors (Lipinski definition) is 1. The largest absolute Gasteiger partial charge is 0.294 e. The molecular weight excluding hydrogens is 196 g/mol. The molecule has 0 aliphatic heterocycles. The van der Waals surface area contributed by atoms with Crippen molar-refractivity contribution in [1.29, 1.82) is 0 Å². The van der Waals surface area contributed by atoms with Gasteiger partial charge in [0.15, 0.2) is 5.78 Å². The van der Waals surface area contributed by atoms with E-state index in [0.29, 0.717) is 16.5 Å². The van der Waals surface area contributed by atoms with Crippen LogP contribution in [0.1, 0.15) is 31.1 Å². The first-order valence-electron chi connectivity index (χ1n) is 4.82. The van der Waals surface area contributed by atoms with Gasteiger partial charge < -0.3 is 0 Å².